The van der Waals surface area contributed by atoms with E-state index >= 15 is 0 Å². The van der Waals surface area contributed by atoms with Crippen LogP contribution in [0, 0.1) is 5.41 Å². The van der Waals surface area contributed by atoms with Crippen LogP contribution in [0.1, 0.15) is 84.9 Å². The molecule has 2 aromatic carbocycles. The Morgan fingerprint density at radius 3 is 2.42 bits per heavy atom. The van der Waals surface area contributed by atoms with Gasteiger partial charge in [-0.2, -0.15) is 0 Å². The van der Waals surface area contributed by atoms with E-state index in [1.54, 1.807) is 36.1 Å². The maximum absolute atomic E-state index is 13.9. The maximum atomic E-state index is 13.9. The number of amides is 2. The first-order valence-electron chi connectivity index (χ1n) is 14.5. The Labute approximate surface area is 252 Å². The number of nitrogens with zero attached hydrogens (tertiary/aromatic N) is 2. The summed E-state index contributed by atoms with van der Waals surface area (Å²) in [6.45, 7) is 10.2. The van der Waals surface area contributed by atoms with E-state index in [1.807, 2.05) is 27.7 Å². The Kier molecular flexibility index (Phi) is 9.12. The largest absolute Gasteiger partial charge is 0.494 e. The zero-order valence-corrected chi connectivity index (χ0v) is 25.9. The number of nitrogens with one attached hydrogen (secondary N) is 2. The van der Waals surface area contributed by atoms with E-state index in [-0.39, 0.29) is 43.0 Å². The molecule has 2 aliphatic heterocycles. The summed E-state index contributed by atoms with van der Waals surface area (Å²) in [6.07, 6.45) is 0.468. The van der Waals surface area contributed by atoms with Crippen LogP contribution in [0.4, 0.5) is 5.69 Å². The van der Waals surface area contributed by atoms with E-state index in [9.17, 15) is 19.2 Å². The second-order valence-corrected chi connectivity index (χ2v) is 11.5. The fourth-order valence-electron chi connectivity index (χ4n) is 5.59. The van der Waals surface area contributed by atoms with Crippen LogP contribution in [-0.2, 0) is 26.3 Å². The van der Waals surface area contributed by atoms with Crippen molar-refractivity contribution >= 4 is 35.1 Å². The van der Waals surface area contributed by atoms with E-state index in [4.69, 9.17) is 19.6 Å². The van der Waals surface area contributed by atoms with E-state index < -0.39 is 17.4 Å². The Morgan fingerprint density at radius 1 is 1.09 bits per heavy atom. The quantitative estimate of drug-likeness (QED) is 0.314. The summed E-state index contributed by atoms with van der Waals surface area (Å²) in [6, 6.07) is 5.91. The Balaban J connectivity index is 1.72. The van der Waals surface area contributed by atoms with Crippen molar-refractivity contribution in [3.05, 3.63) is 52.1 Å². The number of methoxy groups -OCH3 is 1. The van der Waals surface area contributed by atoms with Gasteiger partial charge in [-0.25, -0.2) is 4.79 Å². The van der Waals surface area contributed by atoms with Crippen molar-refractivity contribution in [3.8, 4) is 11.5 Å². The average Bonchev–Trinajstić information content (AvgIpc) is 3.49. The third-order valence-electron chi connectivity index (χ3n) is 7.68. The zero-order valence-electron chi connectivity index (χ0n) is 25.9. The van der Waals surface area contributed by atoms with Crippen LogP contribution in [-0.4, -0.2) is 74.3 Å². The minimum Gasteiger partial charge on any atom is -0.494 e. The van der Waals surface area contributed by atoms with Crippen molar-refractivity contribution in [3.63, 3.8) is 0 Å². The molecule has 0 aliphatic carbocycles. The van der Waals surface area contributed by atoms with E-state index in [2.05, 4.69) is 5.32 Å². The van der Waals surface area contributed by atoms with E-state index in [1.165, 1.54) is 19.1 Å². The molecule has 2 amide bonds. The molecular formula is C32H40N4O7. The normalized spacial score (nSPS) is 16.3. The van der Waals surface area contributed by atoms with Crippen LogP contribution in [0.2, 0.25) is 0 Å². The lowest BCUT2D eigenvalue weighted by Crippen LogP contribution is -2.40. The van der Waals surface area contributed by atoms with Gasteiger partial charge >= 0.3 is 5.97 Å². The summed E-state index contributed by atoms with van der Waals surface area (Å²) < 4.78 is 16.7. The molecule has 1 saturated heterocycles. The van der Waals surface area contributed by atoms with Gasteiger partial charge in [-0.05, 0) is 55.5 Å². The number of fused-ring (bicyclic) bond motifs is 1. The second-order valence-electron chi connectivity index (χ2n) is 11.5. The number of carbonyl (C=O) groups is 4. The minimum atomic E-state index is -0.824. The Morgan fingerprint density at radius 2 is 1.81 bits per heavy atom. The molecule has 0 bridgehead atoms. The van der Waals surface area contributed by atoms with Crippen molar-refractivity contribution in [1.29, 1.82) is 5.41 Å². The van der Waals surface area contributed by atoms with Gasteiger partial charge in [-0.3, -0.25) is 24.7 Å². The monoisotopic (exact) mass is 592 g/mol. The topological polar surface area (TPSA) is 138 Å². The first-order valence-corrected chi connectivity index (χ1v) is 14.5. The van der Waals surface area contributed by atoms with Crippen LogP contribution in [0.25, 0.3) is 0 Å². The standard InChI is InChI=1S/C32H40N4O7/c1-8-42-26-14-19-16-35(29(33)20(19)15-21(26)30(39)34-6)17-25(37)18-12-22(32(3,4)5)28(41-7)24(13-18)36-23(10-11-27(36)38)31(40)43-9-2/h12-15,23,33H,8-11,16-17H2,1-7H3,(H,34,39). The molecule has 0 saturated carbocycles. The van der Waals surface area contributed by atoms with Crippen LogP contribution >= 0.6 is 0 Å². The molecule has 11 nitrogen and oxygen atoms in total. The third kappa shape index (κ3) is 6.07. The van der Waals surface area contributed by atoms with Gasteiger partial charge in [0.1, 0.15) is 23.4 Å². The van der Waals surface area contributed by atoms with Gasteiger partial charge in [0.2, 0.25) is 5.91 Å². The molecular weight excluding hydrogens is 552 g/mol. The number of ketones is 1. The minimum absolute atomic E-state index is 0.114. The van der Waals surface area contributed by atoms with Crippen LogP contribution in [0.3, 0.4) is 0 Å². The predicted molar refractivity (Wildman–Crippen MR) is 161 cm³/mol. The number of anilines is 1. The number of Topliss-reactive ketones (excluding diaryl/α,β-unsaturated/α-hetero) is 1. The number of amidine groups is 1. The summed E-state index contributed by atoms with van der Waals surface area (Å²) in [5.74, 6) is -0.402. The fraction of sp³-hybridized carbons (Fsp3) is 0.469. The summed E-state index contributed by atoms with van der Waals surface area (Å²) in [5, 5.41) is 11.4. The highest BCUT2D eigenvalue weighted by atomic mass is 16.5. The Hall–Kier alpha value is -4.41. The molecule has 1 unspecified atom stereocenters. The molecule has 0 aromatic heterocycles. The smallest absolute Gasteiger partial charge is 0.329 e. The van der Waals surface area contributed by atoms with Crippen molar-refractivity contribution in [2.24, 2.45) is 0 Å². The van der Waals surface area contributed by atoms with Gasteiger partial charge in [-0.1, -0.05) is 20.8 Å². The number of esters is 1. The molecule has 43 heavy (non-hydrogen) atoms. The second kappa shape index (κ2) is 12.4. The molecule has 11 heteroatoms. The lowest BCUT2D eigenvalue weighted by Gasteiger charge is -2.30. The van der Waals surface area contributed by atoms with E-state index in [0.717, 1.165) is 5.56 Å². The molecule has 4 rings (SSSR count). The Bertz CT molecular complexity index is 1480. The number of rotatable bonds is 10. The van der Waals surface area contributed by atoms with Gasteiger partial charge in [-0.15, -0.1) is 0 Å². The number of ether oxygens (including phenoxy) is 3. The number of benzene rings is 2. The van der Waals surface area contributed by atoms with Crippen LogP contribution < -0.4 is 19.7 Å². The highest BCUT2D eigenvalue weighted by Crippen LogP contribution is 2.43. The number of hydrogen-bond donors (Lipinski definition) is 2. The first kappa shape index (κ1) is 31.5. The lowest BCUT2D eigenvalue weighted by molar-refractivity contribution is -0.144. The SMILES string of the molecule is CCOC(=O)C1CCC(=O)N1c1cc(C(=O)CN2Cc3cc(OCC)c(C(=O)NC)cc3C2=N)cc(C(C)(C)C)c1OC. The van der Waals surface area contributed by atoms with Crippen LogP contribution in [0.5, 0.6) is 11.5 Å². The highest BCUT2D eigenvalue weighted by Gasteiger charge is 2.41. The van der Waals surface area contributed by atoms with Gasteiger partial charge < -0.3 is 24.4 Å². The molecule has 1 fully saturated rings. The van der Waals surface area contributed by atoms with Crippen molar-refractivity contribution in [1.82, 2.24) is 10.2 Å². The van der Waals surface area contributed by atoms with Crippen molar-refractivity contribution < 1.29 is 33.4 Å². The van der Waals surface area contributed by atoms with Crippen molar-refractivity contribution in [2.45, 2.75) is 65.5 Å². The van der Waals surface area contributed by atoms with Gasteiger partial charge in [0.05, 0.1) is 38.1 Å². The highest BCUT2D eigenvalue weighted by molar-refractivity contribution is 6.09. The summed E-state index contributed by atoms with van der Waals surface area (Å²) in [4.78, 5) is 55.3. The summed E-state index contributed by atoms with van der Waals surface area (Å²) >= 11 is 0. The molecule has 0 spiro atoms. The summed E-state index contributed by atoms with van der Waals surface area (Å²) in [7, 11) is 3.03. The van der Waals surface area contributed by atoms with E-state index in [0.29, 0.717) is 59.0 Å². The van der Waals surface area contributed by atoms with Gasteiger partial charge in [0.15, 0.2) is 5.78 Å². The maximum Gasteiger partial charge on any atom is 0.329 e. The molecule has 2 aromatic rings. The van der Waals surface area contributed by atoms with Gasteiger partial charge in [0.25, 0.3) is 5.91 Å². The first-order chi connectivity index (χ1) is 20.4. The van der Waals surface area contributed by atoms with Crippen molar-refractivity contribution in [2.75, 3.05) is 38.8 Å². The molecule has 0 radical (unpaired) electrons. The molecule has 2 N–H and O–H groups in total. The third-order valence-corrected chi connectivity index (χ3v) is 7.68. The molecule has 1 atom stereocenters. The summed E-state index contributed by atoms with van der Waals surface area (Å²) in [5.41, 5.74) is 2.56. The van der Waals surface area contributed by atoms with Crippen LogP contribution in [0.15, 0.2) is 24.3 Å². The number of carbonyl (C=O) groups excluding carboxylic acids is 4. The average molecular weight is 593 g/mol. The van der Waals surface area contributed by atoms with Gasteiger partial charge in [0, 0.05) is 36.7 Å². The lowest BCUT2D eigenvalue weighted by atomic mass is 9.84. The fourth-order valence-corrected chi connectivity index (χ4v) is 5.59. The predicted octanol–water partition coefficient (Wildman–Crippen LogP) is 3.83. The zero-order chi connectivity index (χ0) is 31.6. The molecule has 230 valence electrons. The molecule has 2 heterocycles. The number of hydrogen-bond acceptors (Lipinski definition) is 8. The molecule has 2 aliphatic rings.